The Labute approximate surface area is 134 Å². The van der Waals surface area contributed by atoms with Crippen molar-refractivity contribution in [2.75, 3.05) is 16.3 Å². The van der Waals surface area contributed by atoms with Crippen molar-refractivity contribution < 1.29 is 0 Å². The van der Waals surface area contributed by atoms with Gasteiger partial charge >= 0.3 is 0 Å². The average Bonchev–Trinajstić information content (AvgIpc) is 3.04. The highest BCUT2D eigenvalue weighted by molar-refractivity contribution is 6.31. The van der Waals surface area contributed by atoms with E-state index in [4.69, 9.17) is 23.2 Å². The number of nitrogens with zero attached hydrogens (tertiary/aromatic N) is 2. The van der Waals surface area contributed by atoms with Crippen molar-refractivity contribution in [3.05, 3.63) is 58.1 Å². The van der Waals surface area contributed by atoms with Crippen LogP contribution < -0.4 is 9.80 Å². The van der Waals surface area contributed by atoms with E-state index in [1.807, 2.05) is 18.2 Å². The second kappa shape index (κ2) is 5.11. The molecule has 1 fully saturated rings. The lowest BCUT2D eigenvalue weighted by molar-refractivity contribution is 0.634. The highest BCUT2D eigenvalue weighted by atomic mass is 35.5. The van der Waals surface area contributed by atoms with E-state index in [1.165, 1.54) is 29.8 Å². The number of anilines is 2. The smallest absolute Gasteiger partial charge is 0.102 e. The fourth-order valence-electron chi connectivity index (χ4n) is 3.46. The van der Waals surface area contributed by atoms with Gasteiger partial charge in [-0.3, -0.25) is 0 Å². The lowest BCUT2D eigenvalue weighted by atomic mass is 10.1. The third-order valence-corrected chi connectivity index (χ3v) is 4.89. The highest BCUT2D eigenvalue weighted by Gasteiger charge is 2.38. The second-order valence-electron chi connectivity index (χ2n) is 5.70. The molecule has 2 nitrogen and oxygen atoms in total. The maximum Gasteiger partial charge on any atom is 0.102 e. The molecule has 2 aromatic carbocycles. The van der Waals surface area contributed by atoms with Crippen LogP contribution in [0.2, 0.25) is 10.0 Å². The predicted octanol–water partition coefficient (Wildman–Crippen LogP) is 4.94. The molecule has 2 aliphatic heterocycles. The Hall–Kier alpha value is -1.38. The van der Waals surface area contributed by atoms with Crippen LogP contribution in [-0.4, -0.2) is 12.7 Å². The molecule has 0 aromatic heterocycles. The first-order valence-electron chi connectivity index (χ1n) is 7.30. The Morgan fingerprint density at radius 3 is 2.52 bits per heavy atom. The van der Waals surface area contributed by atoms with Crippen molar-refractivity contribution in [1.82, 2.24) is 0 Å². The van der Waals surface area contributed by atoms with Crippen LogP contribution in [0.4, 0.5) is 11.4 Å². The maximum absolute atomic E-state index is 6.21. The minimum absolute atomic E-state index is 0.467. The summed E-state index contributed by atoms with van der Waals surface area (Å²) in [4.78, 5) is 4.97. The maximum atomic E-state index is 6.21. The Kier molecular flexibility index (Phi) is 3.24. The Morgan fingerprint density at radius 2 is 1.71 bits per heavy atom. The van der Waals surface area contributed by atoms with E-state index in [9.17, 15) is 0 Å². The van der Waals surface area contributed by atoms with Crippen LogP contribution in [0.3, 0.4) is 0 Å². The number of fused-ring (bicyclic) bond motifs is 3. The summed E-state index contributed by atoms with van der Waals surface area (Å²) in [6.07, 6.45) is 2.93. The molecule has 0 unspecified atom stereocenters. The van der Waals surface area contributed by atoms with Gasteiger partial charge in [-0.15, -0.1) is 0 Å². The second-order valence-corrected chi connectivity index (χ2v) is 6.58. The van der Waals surface area contributed by atoms with Crippen molar-refractivity contribution in [3.63, 3.8) is 0 Å². The van der Waals surface area contributed by atoms with Crippen molar-refractivity contribution in [2.24, 2.45) is 0 Å². The van der Waals surface area contributed by atoms with Crippen LogP contribution in [0.5, 0.6) is 0 Å². The van der Waals surface area contributed by atoms with Gasteiger partial charge in [0.2, 0.25) is 0 Å². The molecule has 0 spiro atoms. The molecule has 1 atom stereocenters. The first-order chi connectivity index (χ1) is 10.2. The Bertz CT molecular complexity index is 669. The SMILES string of the molecule is Clc1ccc(CN2c3cc(Cl)ccc3N3CCC[C@@H]32)cc1. The minimum Gasteiger partial charge on any atom is -0.349 e. The van der Waals surface area contributed by atoms with E-state index in [2.05, 4.69) is 34.1 Å². The quantitative estimate of drug-likeness (QED) is 0.773. The van der Waals surface area contributed by atoms with Crippen molar-refractivity contribution in [1.29, 1.82) is 0 Å². The summed E-state index contributed by atoms with van der Waals surface area (Å²) in [7, 11) is 0. The lowest BCUT2D eigenvalue weighted by Crippen LogP contribution is -2.38. The third-order valence-electron chi connectivity index (χ3n) is 4.40. The molecule has 21 heavy (non-hydrogen) atoms. The van der Waals surface area contributed by atoms with Gasteiger partial charge in [0.05, 0.1) is 11.4 Å². The molecular weight excluding hydrogens is 303 g/mol. The summed E-state index contributed by atoms with van der Waals surface area (Å²) in [5, 5.41) is 1.59. The Balaban J connectivity index is 1.71. The summed E-state index contributed by atoms with van der Waals surface area (Å²) in [5.74, 6) is 0. The molecule has 0 saturated carbocycles. The zero-order chi connectivity index (χ0) is 14.4. The lowest BCUT2D eigenvalue weighted by Gasteiger charge is -2.27. The van der Waals surface area contributed by atoms with Gasteiger partial charge in [-0.25, -0.2) is 0 Å². The molecule has 2 aliphatic rings. The summed E-state index contributed by atoms with van der Waals surface area (Å²) in [6, 6.07) is 14.3. The molecule has 0 radical (unpaired) electrons. The van der Waals surface area contributed by atoms with Gasteiger partial charge in [-0.2, -0.15) is 0 Å². The van der Waals surface area contributed by atoms with Gasteiger partial charge in [0.25, 0.3) is 0 Å². The highest BCUT2D eigenvalue weighted by Crippen LogP contribution is 2.45. The van der Waals surface area contributed by atoms with E-state index in [-0.39, 0.29) is 0 Å². The van der Waals surface area contributed by atoms with Gasteiger partial charge in [0.15, 0.2) is 0 Å². The predicted molar refractivity (Wildman–Crippen MR) is 89.5 cm³/mol. The monoisotopic (exact) mass is 318 g/mol. The van der Waals surface area contributed by atoms with Gasteiger partial charge in [0.1, 0.15) is 6.17 Å². The molecule has 4 heteroatoms. The summed E-state index contributed by atoms with van der Waals surface area (Å²) in [6.45, 7) is 2.03. The number of rotatable bonds is 2. The largest absolute Gasteiger partial charge is 0.349 e. The van der Waals surface area contributed by atoms with E-state index in [1.54, 1.807) is 0 Å². The van der Waals surface area contributed by atoms with Crippen LogP contribution in [0.1, 0.15) is 18.4 Å². The first-order valence-corrected chi connectivity index (χ1v) is 8.05. The topological polar surface area (TPSA) is 6.48 Å². The van der Waals surface area contributed by atoms with Crippen LogP contribution in [0.15, 0.2) is 42.5 Å². The van der Waals surface area contributed by atoms with E-state index in [0.717, 1.165) is 23.1 Å². The Morgan fingerprint density at radius 1 is 0.952 bits per heavy atom. The fraction of sp³-hybridized carbons (Fsp3) is 0.294. The van der Waals surface area contributed by atoms with E-state index in [0.29, 0.717) is 6.17 Å². The van der Waals surface area contributed by atoms with E-state index < -0.39 is 0 Å². The molecule has 4 rings (SSSR count). The van der Waals surface area contributed by atoms with Gasteiger partial charge in [-0.1, -0.05) is 35.3 Å². The van der Waals surface area contributed by atoms with Gasteiger partial charge in [0, 0.05) is 23.1 Å². The van der Waals surface area contributed by atoms with Crippen LogP contribution in [0.25, 0.3) is 0 Å². The molecule has 1 saturated heterocycles. The molecule has 108 valence electrons. The first kappa shape index (κ1) is 13.3. The van der Waals surface area contributed by atoms with E-state index >= 15 is 0 Å². The van der Waals surface area contributed by atoms with Gasteiger partial charge in [-0.05, 0) is 48.7 Å². The van der Waals surface area contributed by atoms with Crippen molar-refractivity contribution in [3.8, 4) is 0 Å². The standard InChI is InChI=1S/C17H16Cl2N2/c18-13-5-3-12(4-6-13)11-21-16-10-14(19)7-8-15(16)20-9-1-2-17(20)21/h3-8,10,17H,1-2,9,11H2/t17-/m0/s1. The molecule has 0 amide bonds. The zero-order valence-corrected chi connectivity index (χ0v) is 13.1. The summed E-state index contributed by atoms with van der Waals surface area (Å²) >= 11 is 12.2. The molecule has 0 bridgehead atoms. The summed E-state index contributed by atoms with van der Waals surface area (Å²) in [5.41, 5.74) is 3.84. The number of halogens is 2. The number of hydrogen-bond acceptors (Lipinski definition) is 2. The molecule has 2 aromatic rings. The van der Waals surface area contributed by atoms with Crippen LogP contribution in [-0.2, 0) is 6.54 Å². The molecule has 0 N–H and O–H groups in total. The number of hydrogen-bond donors (Lipinski definition) is 0. The third kappa shape index (κ3) is 2.27. The zero-order valence-electron chi connectivity index (χ0n) is 11.6. The molecule has 2 heterocycles. The average molecular weight is 319 g/mol. The van der Waals surface area contributed by atoms with Crippen LogP contribution >= 0.6 is 23.2 Å². The van der Waals surface area contributed by atoms with Crippen molar-refractivity contribution >= 4 is 34.6 Å². The van der Waals surface area contributed by atoms with Crippen LogP contribution in [0, 0.1) is 0 Å². The molecule has 0 aliphatic carbocycles. The summed E-state index contributed by atoms with van der Waals surface area (Å²) < 4.78 is 0. The fourth-order valence-corrected chi connectivity index (χ4v) is 3.75. The normalized spacial score (nSPS) is 19.8. The van der Waals surface area contributed by atoms with Crippen molar-refractivity contribution in [2.45, 2.75) is 25.6 Å². The molecular formula is C17H16Cl2N2. The number of benzene rings is 2. The van der Waals surface area contributed by atoms with Gasteiger partial charge < -0.3 is 9.80 Å². The minimum atomic E-state index is 0.467.